The van der Waals surface area contributed by atoms with E-state index in [-0.39, 0.29) is 0 Å². The van der Waals surface area contributed by atoms with E-state index in [9.17, 15) is 5.11 Å². The molecule has 0 atom stereocenters. The molecule has 0 heterocycles. The minimum atomic E-state index is 0.437. The molecule has 0 unspecified atom stereocenters. The second-order valence-electron chi connectivity index (χ2n) is 6.64. The Balaban J connectivity index is 1.96. The molecule has 0 aliphatic rings. The Labute approximate surface area is 144 Å². The van der Waals surface area contributed by atoms with Crippen molar-refractivity contribution >= 4 is 0 Å². The summed E-state index contributed by atoms with van der Waals surface area (Å²) in [4.78, 5) is 0. The fourth-order valence-electron chi connectivity index (χ4n) is 3.23. The largest absolute Gasteiger partial charge is 0.507 e. The third kappa shape index (κ3) is 3.51. The van der Waals surface area contributed by atoms with Crippen LogP contribution in [-0.4, -0.2) is 5.11 Å². The van der Waals surface area contributed by atoms with Crippen LogP contribution >= 0.6 is 0 Å². The maximum absolute atomic E-state index is 10.8. The predicted octanol–water partition coefficient (Wildman–Crippen LogP) is 5.50. The number of hydrogen-bond acceptors (Lipinski definition) is 1. The molecule has 0 aromatic heterocycles. The summed E-state index contributed by atoms with van der Waals surface area (Å²) in [5.74, 6) is 0.437. The number of phenolic OH excluding ortho intramolecular Hbond substituents is 1. The molecule has 0 amide bonds. The van der Waals surface area contributed by atoms with E-state index >= 15 is 0 Å². The van der Waals surface area contributed by atoms with Gasteiger partial charge in [-0.05, 0) is 54.2 Å². The van der Waals surface area contributed by atoms with Crippen molar-refractivity contribution < 1.29 is 5.11 Å². The Hall–Kier alpha value is -2.54. The molecule has 3 aromatic carbocycles. The molecule has 0 saturated carbocycles. The summed E-state index contributed by atoms with van der Waals surface area (Å²) >= 11 is 0. The number of phenols is 1. The molecule has 0 bridgehead atoms. The van der Waals surface area contributed by atoms with Crippen molar-refractivity contribution in [3.63, 3.8) is 0 Å². The van der Waals surface area contributed by atoms with Crippen molar-refractivity contribution in [2.75, 3.05) is 0 Å². The van der Waals surface area contributed by atoms with E-state index < -0.39 is 0 Å². The summed E-state index contributed by atoms with van der Waals surface area (Å²) in [5, 5.41) is 10.8. The van der Waals surface area contributed by atoms with E-state index in [1.807, 2.05) is 0 Å². The van der Waals surface area contributed by atoms with Crippen molar-refractivity contribution in [2.45, 2.75) is 33.6 Å². The Kier molecular flexibility index (Phi) is 4.71. The average Bonchev–Trinajstić information content (AvgIpc) is 2.56. The summed E-state index contributed by atoms with van der Waals surface area (Å²) in [6.45, 7) is 6.34. The first-order valence-electron chi connectivity index (χ1n) is 8.45. The standard InChI is InChI=1S/C23H24O/c1-16-12-21(14-19-10-6-4-8-17(19)2)23(24)22(13-16)15-20-11-7-5-9-18(20)3/h4-13,24H,14-15H2,1-3H3. The van der Waals surface area contributed by atoms with Crippen molar-refractivity contribution in [3.05, 3.63) is 99.6 Å². The third-order valence-corrected chi connectivity index (χ3v) is 4.70. The van der Waals surface area contributed by atoms with Crippen LogP contribution in [-0.2, 0) is 12.8 Å². The molecular formula is C23H24O. The van der Waals surface area contributed by atoms with Gasteiger partial charge in [0.25, 0.3) is 0 Å². The first kappa shape index (κ1) is 16.3. The molecule has 1 heteroatoms. The lowest BCUT2D eigenvalue weighted by Gasteiger charge is -2.14. The fraction of sp³-hybridized carbons (Fsp3) is 0.217. The first-order valence-corrected chi connectivity index (χ1v) is 8.45. The van der Waals surface area contributed by atoms with E-state index in [0.29, 0.717) is 5.75 Å². The SMILES string of the molecule is Cc1cc(Cc2ccccc2C)c(O)c(Cc2ccccc2C)c1. The van der Waals surface area contributed by atoms with Crippen LogP contribution in [0.4, 0.5) is 0 Å². The first-order chi connectivity index (χ1) is 11.5. The molecule has 0 spiro atoms. The minimum Gasteiger partial charge on any atom is -0.507 e. The molecule has 0 fully saturated rings. The highest BCUT2D eigenvalue weighted by molar-refractivity contribution is 5.48. The summed E-state index contributed by atoms with van der Waals surface area (Å²) in [6, 6.07) is 20.9. The molecule has 0 aliphatic heterocycles. The zero-order valence-corrected chi connectivity index (χ0v) is 14.6. The van der Waals surface area contributed by atoms with Gasteiger partial charge in [-0.2, -0.15) is 0 Å². The van der Waals surface area contributed by atoms with Gasteiger partial charge in [0.2, 0.25) is 0 Å². The van der Waals surface area contributed by atoms with Crippen LogP contribution in [0.2, 0.25) is 0 Å². The normalized spacial score (nSPS) is 10.8. The Morgan fingerprint density at radius 1 is 0.625 bits per heavy atom. The molecular weight excluding hydrogens is 292 g/mol. The molecule has 3 rings (SSSR count). The van der Waals surface area contributed by atoms with Gasteiger partial charge < -0.3 is 5.11 Å². The van der Waals surface area contributed by atoms with Gasteiger partial charge >= 0.3 is 0 Å². The van der Waals surface area contributed by atoms with Gasteiger partial charge in [0.1, 0.15) is 5.75 Å². The highest BCUT2D eigenvalue weighted by atomic mass is 16.3. The van der Waals surface area contributed by atoms with Crippen molar-refractivity contribution in [3.8, 4) is 5.75 Å². The van der Waals surface area contributed by atoms with E-state index in [2.05, 4.69) is 81.4 Å². The highest BCUT2D eigenvalue weighted by Gasteiger charge is 2.12. The van der Waals surface area contributed by atoms with Gasteiger partial charge in [-0.25, -0.2) is 0 Å². The predicted molar refractivity (Wildman–Crippen MR) is 101 cm³/mol. The van der Waals surface area contributed by atoms with Crippen LogP contribution < -0.4 is 0 Å². The highest BCUT2D eigenvalue weighted by Crippen LogP contribution is 2.30. The fourth-order valence-corrected chi connectivity index (χ4v) is 3.23. The van der Waals surface area contributed by atoms with Crippen molar-refractivity contribution in [2.24, 2.45) is 0 Å². The average molecular weight is 316 g/mol. The van der Waals surface area contributed by atoms with Gasteiger partial charge in [-0.1, -0.05) is 66.2 Å². The number of hydrogen-bond donors (Lipinski definition) is 1. The maximum Gasteiger partial charge on any atom is 0.122 e. The maximum atomic E-state index is 10.8. The number of aromatic hydroxyl groups is 1. The summed E-state index contributed by atoms with van der Waals surface area (Å²) in [6.07, 6.45) is 1.53. The van der Waals surface area contributed by atoms with Gasteiger partial charge in [0.05, 0.1) is 0 Å². The zero-order chi connectivity index (χ0) is 17.1. The second-order valence-corrected chi connectivity index (χ2v) is 6.64. The molecule has 1 nitrogen and oxygen atoms in total. The number of aryl methyl sites for hydroxylation is 3. The Morgan fingerprint density at radius 2 is 1.04 bits per heavy atom. The quantitative estimate of drug-likeness (QED) is 0.674. The molecule has 0 aliphatic carbocycles. The summed E-state index contributed by atoms with van der Waals surface area (Å²) in [7, 11) is 0. The molecule has 122 valence electrons. The van der Waals surface area contributed by atoms with Crippen LogP contribution in [0.1, 0.15) is 38.9 Å². The lowest BCUT2D eigenvalue weighted by molar-refractivity contribution is 0.463. The Morgan fingerprint density at radius 3 is 1.46 bits per heavy atom. The Bertz CT molecular complexity index is 793. The number of benzene rings is 3. The molecule has 1 N–H and O–H groups in total. The van der Waals surface area contributed by atoms with Crippen LogP contribution in [0, 0.1) is 20.8 Å². The van der Waals surface area contributed by atoms with Crippen LogP contribution in [0.5, 0.6) is 5.75 Å². The van der Waals surface area contributed by atoms with Crippen LogP contribution in [0.25, 0.3) is 0 Å². The molecule has 0 saturated heterocycles. The van der Waals surface area contributed by atoms with Crippen LogP contribution in [0.15, 0.2) is 60.7 Å². The molecule has 0 radical (unpaired) electrons. The minimum absolute atomic E-state index is 0.437. The summed E-state index contributed by atoms with van der Waals surface area (Å²) in [5.41, 5.74) is 8.26. The van der Waals surface area contributed by atoms with E-state index in [1.165, 1.54) is 27.8 Å². The van der Waals surface area contributed by atoms with Crippen LogP contribution in [0.3, 0.4) is 0 Å². The lowest BCUT2D eigenvalue weighted by Crippen LogP contribution is -1.98. The van der Waals surface area contributed by atoms with Gasteiger partial charge in [-0.15, -0.1) is 0 Å². The summed E-state index contributed by atoms with van der Waals surface area (Å²) < 4.78 is 0. The molecule has 24 heavy (non-hydrogen) atoms. The van der Waals surface area contributed by atoms with Crippen molar-refractivity contribution in [1.29, 1.82) is 0 Å². The smallest absolute Gasteiger partial charge is 0.122 e. The van der Waals surface area contributed by atoms with E-state index in [4.69, 9.17) is 0 Å². The van der Waals surface area contributed by atoms with E-state index in [0.717, 1.165) is 24.0 Å². The van der Waals surface area contributed by atoms with Gasteiger partial charge in [0.15, 0.2) is 0 Å². The second kappa shape index (κ2) is 6.92. The van der Waals surface area contributed by atoms with Crippen molar-refractivity contribution in [1.82, 2.24) is 0 Å². The lowest BCUT2D eigenvalue weighted by atomic mass is 9.93. The van der Waals surface area contributed by atoms with Gasteiger partial charge in [-0.3, -0.25) is 0 Å². The number of rotatable bonds is 4. The zero-order valence-electron chi connectivity index (χ0n) is 14.6. The molecule has 3 aromatic rings. The monoisotopic (exact) mass is 316 g/mol. The third-order valence-electron chi connectivity index (χ3n) is 4.70. The van der Waals surface area contributed by atoms with Gasteiger partial charge in [0, 0.05) is 12.8 Å². The topological polar surface area (TPSA) is 20.2 Å². The van der Waals surface area contributed by atoms with E-state index in [1.54, 1.807) is 0 Å².